The van der Waals surface area contributed by atoms with Crippen LogP contribution in [0.1, 0.15) is 25.7 Å². The summed E-state index contributed by atoms with van der Waals surface area (Å²) in [5.41, 5.74) is 0. The summed E-state index contributed by atoms with van der Waals surface area (Å²) >= 11 is 0. The number of rotatable bonds is 7. The Balaban J connectivity index is 0.00000576. The number of hydrogen-bond donors (Lipinski definition) is 2. The zero-order valence-electron chi connectivity index (χ0n) is 14.4. The van der Waals surface area contributed by atoms with Crippen molar-refractivity contribution in [3.8, 4) is 0 Å². The minimum absolute atomic E-state index is 0. The molecular formula is C14H27F3IN3O3S. The largest absolute Gasteiger partial charge is 0.391 e. The van der Waals surface area contributed by atoms with Gasteiger partial charge in [-0.2, -0.15) is 13.2 Å². The Morgan fingerprint density at radius 2 is 1.96 bits per heavy atom. The first kappa shape index (κ1) is 24.7. The molecule has 0 aliphatic heterocycles. The van der Waals surface area contributed by atoms with Crippen molar-refractivity contribution in [3.05, 3.63) is 0 Å². The van der Waals surface area contributed by atoms with Gasteiger partial charge in [0.2, 0.25) is 0 Å². The van der Waals surface area contributed by atoms with E-state index in [4.69, 9.17) is 4.74 Å². The molecule has 0 aromatic carbocycles. The number of hydrogen-bond acceptors (Lipinski definition) is 4. The smallest absolute Gasteiger partial charge is 0.379 e. The maximum absolute atomic E-state index is 12.8. The molecule has 2 atom stereocenters. The van der Waals surface area contributed by atoms with Crippen LogP contribution in [0.15, 0.2) is 4.99 Å². The molecule has 0 bridgehead atoms. The van der Waals surface area contributed by atoms with Crippen LogP contribution in [0.5, 0.6) is 0 Å². The molecule has 0 aromatic rings. The first-order valence-electron chi connectivity index (χ1n) is 7.91. The summed E-state index contributed by atoms with van der Waals surface area (Å²) in [6, 6.07) is -0.261. The number of halogens is 4. The lowest BCUT2D eigenvalue weighted by molar-refractivity contribution is -0.183. The maximum Gasteiger partial charge on any atom is 0.391 e. The molecule has 1 aliphatic carbocycles. The highest BCUT2D eigenvalue weighted by Gasteiger charge is 2.42. The Bertz CT molecular complexity index is 515. The van der Waals surface area contributed by atoms with Gasteiger partial charge in [0.05, 0.1) is 24.9 Å². The summed E-state index contributed by atoms with van der Waals surface area (Å²) in [5, 5.41) is 5.96. The van der Waals surface area contributed by atoms with E-state index >= 15 is 0 Å². The van der Waals surface area contributed by atoms with Crippen LogP contribution in [0.25, 0.3) is 0 Å². The lowest BCUT2D eigenvalue weighted by atomic mass is 9.85. The Kier molecular flexibility index (Phi) is 11.3. The molecule has 2 N–H and O–H groups in total. The Hall–Kier alpha value is -0.300. The fraction of sp³-hybridized carbons (Fsp3) is 0.929. The minimum Gasteiger partial charge on any atom is -0.379 e. The van der Waals surface area contributed by atoms with Crippen LogP contribution in [0, 0.1) is 5.92 Å². The minimum atomic E-state index is -4.15. The van der Waals surface area contributed by atoms with Gasteiger partial charge < -0.3 is 15.4 Å². The third kappa shape index (κ3) is 11.1. The number of nitrogens with one attached hydrogen (secondary N) is 2. The van der Waals surface area contributed by atoms with Crippen LogP contribution < -0.4 is 10.6 Å². The quantitative estimate of drug-likeness (QED) is 0.241. The SMILES string of the molecule is CN=C(NCCOCCS(C)(=O)=O)NC1CCCC(C(F)(F)F)C1.I. The first-order chi connectivity index (χ1) is 11.1. The van der Waals surface area contributed by atoms with Gasteiger partial charge in [-0.3, -0.25) is 4.99 Å². The Morgan fingerprint density at radius 3 is 2.52 bits per heavy atom. The highest BCUT2D eigenvalue weighted by Crippen LogP contribution is 2.37. The lowest BCUT2D eigenvalue weighted by Crippen LogP contribution is -2.47. The van der Waals surface area contributed by atoms with Crippen LogP contribution >= 0.6 is 24.0 Å². The summed E-state index contributed by atoms with van der Waals surface area (Å²) in [6.45, 7) is 0.785. The topological polar surface area (TPSA) is 79.8 Å². The van der Waals surface area contributed by atoms with E-state index in [1.54, 1.807) is 7.05 Å². The van der Waals surface area contributed by atoms with Crippen molar-refractivity contribution in [2.75, 3.05) is 38.8 Å². The monoisotopic (exact) mass is 501 g/mol. The van der Waals surface area contributed by atoms with Gasteiger partial charge in [0, 0.05) is 25.9 Å². The predicted molar refractivity (Wildman–Crippen MR) is 102 cm³/mol. The van der Waals surface area contributed by atoms with Crippen LogP contribution in [-0.2, 0) is 14.6 Å². The van der Waals surface area contributed by atoms with Gasteiger partial charge in [0.25, 0.3) is 0 Å². The summed E-state index contributed by atoms with van der Waals surface area (Å²) in [4.78, 5) is 3.99. The number of sulfone groups is 1. The molecule has 6 nitrogen and oxygen atoms in total. The number of nitrogens with zero attached hydrogens (tertiary/aromatic N) is 1. The summed E-state index contributed by atoms with van der Waals surface area (Å²) < 4.78 is 65.5. The molecule has 0 amide bonds. The average molecular weight is 501 g/mol. The first-order valence-corrected chi connectivity index (χ1v) is 9.97. The third-order valence-electron chi connectivity index (χ3n) is 3.84. The van der Waals surface area contributed by atoms with E-state index in [-0.39, 0.29) is 61.8 Å². The molecule has 1 aliphatic rings. The number of ether oxygens (including phenoxy) is 1. The van der Waals surface area contributed by atoms with Crippen LogP contribution in [0.3, 0.4) is 0 Å². The van der Waals surface area contributed by atoms with E-state index in [9.17, 15) is 21.6 Å². The fourth-order valence-corrected chi connectivity index (χ4v) is 2.98. The molecular weight excluding hydrogens is 474 g/mol. The van der Waals surface area contributed by atoms with Gasteiger partial charge >= 0.3 is 6.18 Å². The third-order valence-corrected chi connectivity index (χ3v) is 4.75. The van der Waals surface area contributed by atoms with E-state index in [0.717, 1.165) is 6.26 Å². The second-order valence-corrected chi connectivity index (χ2v) is 8.25. The van der Waals surface area contributed by atoms with Gasteiger partial charge in [0.15, 0.2) is 5.96 Å². The molecule has 1 saturated carbocycles. The highest BCUT2D eigenvalue weighted by molar-refractivity contribution is 14.0. The number of aliphatic imine (C=N–C) groups is 1. The molecule has 0 spiro atoms. The molecule has 0 heterocycles. The second-order valence-electron chi connectivity index (χ2n) is 5.99. The molecule has 25 heavy (non-hydrogen) atoms. The number of guanidine groups is 1. The van der Waals surface area contributed by atoms with E-state index in [0.29, 0.717) is 25.3 Å². The molecule has 0 aromatic heterocycles. The zero-order chi connectivity index (χ0) is 18.2. The van der Waals surface area contributed by atoms with Crippen LogP contribution in [0.2, 0.25) is 0 Å². The van der Waals surface area contributed by atoms with Crippen molar-refractivity contribution in [3.63, 3.8) is 0 Å². The molecule has 150 valence electrons. The normalized spacial score (nSPS) is 22.2. The van der Waals surface area contributed by atoms with Crippen molar-refractivity contribution >= 4 is 39.8 Å². The van der Waals surface area contributed by atoms with Gasteiger partial charge in [-0.25, -0.2) is 8.42 Å². The van der Waals surface area contributed by atoms with E-state index < -0.39 is 21.9 Å². The van der Waals surface area contributed by atoms with Crippen molar-refractivity contribution in [2.45, 2.75) is 37.9 Å². The van der Waals surface area contributed by atoms with E-state index in [1.807, 2.05) is 0 Å². The fourth-order valence-electron chi connectivity index (χ4n) is 2.56. The van der Waals surface area contributed by atoms with Gasteiger partial charge in [-0.1, -0.05) is 6.42 Å². The molecule has 2 unspecified atom stereocenters. The van der Waals surface area contributed by atoms with Crippen molar-refractivity contribution < 1.29 is 26.3 Å². The summed E-state index contributed by atoms with van der Waals surface area (Å²) in [5.74, 6) is -0.878. The molecule has 1 fully saturated rings. The maximum atomic E-state index is 12.8. The predicted octanol–water partition coefficient (Wildman–Crippen LogP) is 1.95. The highest BCUT2D eigenvalue weighted by atomic mass is 127. The standard InChI is InChI=1S/C14H26F3N3O3S.HI/c1-18-13(19-6-7-23-8-9-24(2,21)22)20-12-5-3-4-11(10-12)14(15,16)17;/h11-12H,3-10H2,1-2H3,(H2,18,19,20);1H. The van der Waals surface area contributed by atoms with Crippen molar-refractivity contribution in [1.82, 2.24) is 10.6 Å². The summed E-state index contributed by atoms with van der Waals surface area (Å²) in [6.07, 6.45) is -1.56. The lowest BCUT2D eigenvalue weighted by Gasteiger charge is -2.31. The zero-order valence-corrected chi connectivity index (χ0v) is 17.6. The van der Waals surface area contributed by atoms with Gasteiger partial charge in [-0.15, -0.1) is 24.0 Å². The summed E-state index contributed by atoms with van der Waals surface area (Å²) in [7, 11) is -1.50. The molecule has 1 rings (SSSR count). The molecule has 11 heteroatoms. The van der Waals surface area contributed by atoms with Gasteiger partial charge in [0.1, 0.15) is 9.84 Å². The van der Waals surface area contributed by atoms with Crippen molar-refractivity contribution in [1.29, 1.82) is 0 Å². The Morgan fingerprint density at radius 1 is 1.28 bits per heavy atom. The average Bonchev–Trinajstić information content (AvgIpc) is 2.48. The Labute approximate surface area is 164 Å². The van der Waals surface area contributed by atoms with E-state index in [1.165, 1.54) is 0 Å². The van der Waals surface area contributed by atoms with E-state index in [2.05, 4.69) is 15.6 Å². The van der Waals surface area contributed by atoms with Gasteiger partial charge in [-0.05, 0) is 19.3 Å². The van der Waals surface area contributed by atoms with Crippen LogP contribution in [0.4, 0.5) is 13.2 Å². The van der Waals surface area contributed by atoms with Crippen LogP contribution in [-0.4, -0.2) is 65.4 Å². The molecule has 0 radical (unpaired) electrons. The second kappa shape index (κ2) is 11.4. The number of alkyl halides is 3. The van der Waals surface area contributed by atoms with Crippen molar-refractivity contribution in [2.24, 2.45) is 10.9 Å². The molecule has 0 saturated heterocycles.